The maximum Gasteiger partial charge on any atom is 0.257 e. The van der Waals surface area contributed by atoms with Gasteiger partial charge in [-0.3, -0.25) is 14.9 Å². The number of methoxy groups -OCH3 is 3. The van der Waals surface area contributed by atoms with Gasteiger partial charge in [-0.1, -0.05) is 6.07 Å². The average Bonchev–Trinajstić information content (AvgIpc) is 2.71. The number of benzene rings is 2. The first kappa shape index (κ1) is 22.0. The van der Waals surface area contributed by atoms with Crippen molar-refractivity contribution in [3.63, 3.8) is 0 Å². The summed E-state index contributed by atoms with van der Waals surface area (Å²) in [4.78, 5) is 26.2. The number of amides is 2. The molecule has 0 spiro atoms. The third-order valence-electron chi connectivity index (χ3n) is 3.93. The Hall–Kier alpha value is -3.33. The summed E-state index contributed by atoms with van der Waals surface area (Å²) >= 11 is 5.22. The second-order valence-corrected chi connectivity index (χ2v) is 6.51. The van der Waals surface area contributed by atoms with Gasteiger partial charge in [-0.15, -0.1) is 0 Å². The normalized spacial score (nSPS) is 9.97. The van der Waals surface area contributed by atoms with Gasteiger partial charge in [0.2, 0.25) is 5.75 Å². The van der Waals surface area contributed by atoms with Crippen LogP contribution in [0.3, 0.4) is 0 Å². The summed E-state index contributed by atoms with van der Waals surface area (Å²) in [6, 6.07) is 9.86. The predicted molar refractivity (Wildman–Crippen MR) is 114 cm³/mol. The number of carbonyl (C=O) groups excluding carboxylic acids is 2. The van der Waals surface area contributed by atoms with Crippen molar-refractivity contribution in [3.8, 4) is 17.2 Å². The van der Waals surface area contributed by atoms with Crippen LogP contribution >= 0.6 is 12.2 Å². The summed E-state index contributed by atoms with van der Waals surface area (Å²) in [6.07, 6.45) is 0. The van der Waals surface area contributed by atoms with E-state index in [1.807, 2.05) is 0 Å². The lowest BCUT2D eigenvalue weighted by atomic mass is 10.1. The second-order valence-electron chi connectivity index (χ2n) is 6.10. The minimum Gasteiger partial charge on any atom is -0.493 e. The lowest BCUT2D eigenvalue weighted by molar-refractivity contribution is 0.0827. The highest BCUT2D eigenvalue weighted by Crippen LogP contribution is 2.38. The molecule has 0 atom stereocenters. The quantitative estimate of drug-likeness (QED) is 0.698. The highest BCUT2D eigenvalue weighted by molar-refractivity contribution is 7.80. The smallest absolute Gasteiger partial charge is 0.257 e. The third kappa shape index (κ3) is 5.35. The second kappa shape index (κ2) is 9.74. The molecule has 0 aliphatic carbocycles. The van der Waals surface area contributed by atoms with Crippen LogP contribution < -0.4 is 24.8 Å². The Morgan fingerprint density at radius 1 is 0.931 bits per heavy atom. The maximum absolute atomic E-state index is 12.6. The Balaban J connectivity index is 2.15. The number of ether oxygens (including phenoxy) is 3. The molecule has 2 rings (SSSR count). The van der Waals surface area contributed by atoms with E-state index in [4.69, 9.17) is 26.4 Å². The number of thiocarbonyl (C=S) groups is 1. The summed E-state index contributed by atoms with van der Waals surface area (Å²) in [5, 5.41) is 5.57. The summed E-state index contributed by atoms with van der Waals surface area (Å²) in [5.41, 5.74) is 1.35. The van der Waals surface area contributed by atoms with E-state index in [-0.39, 0.29) is 16.6 Å². The van der Waals surface area contributed by atoms with E-state index in [9.17, 15) is 9.59 Å². The molecular formula is C20H23N3O5S. The molecule has 0 aliphatic heterocycles. The zero-order valence-corrected chi connectivity index (χ0v) is 17.7. The lowest BCUT2D eigenvalue weighted by Crippen LogP contribution is -2.34. The molecule has 2 amide bonds. The van der Waals surface area contributed by atoms with Crippen LogP contribution in [0.15, 0.2) is 36.4 Å². The molecule has 2 aromatic carbocycles. The topological polar surface area (TPSA) is 89.1 Å². The first-order chi connectivity index (χ1) is 13.8. The molecular weight excluding hydrogens is 394 g/mol. The molecule has 2 aromatic rings. The Morgan fingerprint density at radius 2 is 1.55 bits per heavy atom. The fourth-order valence-corrected chi connectivity index (χ4v) is 2.75. The largest absolute Gasteiger partial charge is 0.493 e. The van der Waals surface area contributed by atoms with Gasteiger partial charge in [-0.2, -0.15) is 0 Å². The summed E-state index contributed by atoms with van der Waals surface area (Å²) in [7, 11) is 7.75. The number of hydrogen-bond donors (Lipinski definition) is 2. The van der Waals surface area contributed by atoms with Crippen LogP contribution in [0.5, 0.6) is 17.2 Å². The molecule has 0 heterocycles. The minimum atomic E-state index is -0.456. The number of rotatable bonds is 6. The van der Waals surface area contributed by atoms with Crippen molar-refractivity contribution in [2.75, 3.05) is 40.7 Å². The molecule has 9 heteroatoms. The van der Waals surface area contributed by atoms with Crippen LogP contribution in [0.2, 0.25) is 0 Å². The minimum absolute atomic E-state index is 0.0817. The maximum atomic E-state index is 12.6. The SMILES string of the molecule is COc1cc(C(=O)NC(=S)Nc2cccc(C(=O)N(C)C)c2)cc(OC)c1OC. The fourth-order valence-electron chi connectivity index (χ4n) is 2.54. The molecule has 0 saturated carbocycles. The van der Waals surface area contributed by atoms with E-state index in [1.165, 1.54) is 38.4 Å². The van der Waals surface area contributed by atoms with E-state index in [2.05, 4.69) is 10.6 Å². The van der Waals surface area contributed by atoms with Gasteiger partial charge in [-0.25, -0.2) is 0 Å². The van der Waals surface area contributed by atoms with Gasteiger partial charge < -0.3 is 24.4 Å². The molecule has 154 valence electrons. The lowest BCUT2D eigenvalue weighted by Gasteiger charge is -2.15. The van der Waals surface area contributed by atoms with Gasteiger partial charge in [0, 0.05) is 30.9 Å². The number of carbonyl (C=O) groups is 2. The zero-order valence-electron chi connectivity index (χ0n) is 16.9. The standard InChI is InChI=1S/C20H23N3O5S/c1-23(2)19(25)12-7-6-8-14(9-12)21-20(29)22-18(24)13-10-15(26-3)17(28-5)16(11-13)27-4/h6-11H,1-5H3,(H2,21,22,24,29). The van der Waals surface area contributed by atoms with E-state index < -0.39 is 5.91 Å². The van der Waals surface area contributed by atoms with Crippen molar-refractivity contribution in [1.82, 2.24) is 10.2 Å². The Bertz CT molecular complexity index is 905. The molecule has 0 aromatic heterocycles. The molecule has 0 aliphatic rings. The molecule has 0 fully saturated rings. The van der Waals surface area contributed by atoms with Crippen LogP contribution in [-0.4, -0.2) is 57.3 Å². The van der Waals surface area contributed by atoms with E-state index in [1.54, 1.807) is 38.4 Å². The molecule has 8 nitrogen and oxygen atoms in total. The molecule has 29 heavy (non-hydrogen) atoms. The number of hydrogen-bond acceptors (Lipinski definition) is 6. The van der Waals surface area contributed by atoms with Crippen molar-refractivity contribution >= 4 is 34.8 Å². The number of nitrogens with zero attached hydrogens (tertiary/aromatic N) is 1. The van der Waals surface area contributed by atoms with Gasteiger partial charge in [0.15, 0.2) is 16.6 Å². The average molecular weight is 417 g/mol. The zero-order chi connectivity index (χ0) is 21.6. The Labute approximate surface area is 174 Å². The van der Waals surface area contributed by atoms with Crippen LogP contribution in [-0.2, 0) is 0 Å². The van der Waals surface area contributed by atoms with Crippen molar-refractivity contribution in [2.45, 2.75) is 0 Å². The van der Waals surface area contributed by atoms with Crippen molar-refractivity contribution in [2.24, 2.45) is 0 Å². The molecule has 2 N–H and O–H groups in total. The Morgan fingerprint density at radius 3 is 2.07 bits per heavy atom. The highest BCUT2D eigenvalue weighted by atomic mass is 32.1. The fraction of sp³-hybridized carbons (Fsp3) is 0.250. The van der Waals surface area contributed by atoms with Crippen molar-refractivity contribution in [3.05, 3.63) is 47.5 Å². The highest BCUT2D eigenvalue weighted by Gasteiger charge is 2.18. The van der Waals surface area contributed by atoms with E-state index >= 15 is 0 Å². The van der Waals surface area contributed by atoms with Gasteiger partial charge in [-0.05, 0) is 42.5 Å². The molecule has 0 bridgehead atoms. The summed E-state index contributed by atoms with van der Waals surface area (Å²) < 4.78 is 15.8. The summed E-state index contributed by atoms with van der Waals surface area (Å²) in [5.74, 6) is 0.495. The number of nitrogens with one attached hydrogen (secondary N) is 2. The van der Waals surface area contributed by atoms with Gasteiger partial charge in [0.05, 0.1) is 21.3 Å². The molecule has 0 saturated heterocycles. The van der Waals surface area contributed by atoms with E-state index in [0.29, 0.717) is 28.5 Å². The van der Waals surface area contributed by atoms with Crippen LogP contribution in [0.4, 0.5) is 5.69 Å². The van der Waals surface area contributed by atoms with Crippen LogP contribution in [0, 0.1) is 0 Å². The van der Waals surface area contributed by atoms with Gasteiger partial charge in [0.1, 0.15) is 0 Å². The molecule has 0 unspecified atom stereocenters. The number of anilines is 1. The third-order valence-corrected chi connectivity index (χ3v) is 4.13. The first-order valence-corrected chi connectivity index (χ1v) is 8.95. The van der Waals surface area contributed by atoms with Crippen molar-refractivity contribution < 1.29 is 23.8 Å². The van der Waals surface area contributed by atoms with E-state index in [0.717, 1.165) is 0 Å². The van der Waals surface area contributed by atoms with Crippen molar-refractivity contribution in [1.29, 1.82) is 0 Å². The summed E-state index contributed by atoms with van der Waals surface area (Å²) in [6.45, 7) is 0. The van der Waals surface area contributed by atoms with Crippen LogP contribution in [0.25, 0.3) is 0 Å². The monoisotopic (exact) mass is 417 g/mol. The Kier molecular flexibility index (Phi) is 7.38. The first-order valence-electron chi connectivity index (χ1n) is 8.54. The van der Waals surface area contributed by atoms with Gasteiger partial charge >= 0.3 is 0 Å². The van der Waals surface area contributed by atoms with Gasteiger partial charge in [0.25, 0.3) is 11.8 Å². The predicted octanol–water partition coefficient (Wildman–Crippen LogP) is 2.54. The van der Waals surface area contributed by atoms with Crippen LogP contribution in [0.1, 0.15) is 20.7 Å². The molecule has 0 radical (unpaired) electrons.